The molecule has 144 valence electrons. The fraction of sp³-hybridized carbons (Fsp3) is 0.789. The molecule has 0 spiro atoms. The maximum Gasteiger partial charge on any atom is 0.0820 e. The lowest BCUT2D eigenvalue weighted by Crippen LogP contribution is -2.37. The van der Waals surface area contributed by atoms with Gasteiger partial charge >= 0.3 is 0 Å². The number of aliphatic hydroxyl groups is 4. The molecule has 0 aliphatic rings. The van der Waals surface area contributed by atoms with Gasteiger partial charge in [-0.2, -0.15) is 0 Å². The van der Waals surface area contributed by atoms with Gasteiger partial charge in [-0.05, 0) is 55.4 Å². The molecule has 5 nitrogen and oxygen atoms in total. The van der Waals surface area contributed by atoms with E-state index in [1.54, 1.807) is 0 Å². The van der Waals surface area contributed by atoms with Crippen LogP contribution in [0.2, 0.25) is 0 Å². The van der Waals surface area contributed by atoms with E-state index >= 15 is 0 Å². The van der Waals surface area contributed by atoms with Crippen LogP contribution >= 0.6 is 0 Å². The summed E-state index contributed by atoms with van der Waals surface area (Å²) in [5.74, 6) is 0. The van der Waals surface area contributed by atoms with Gasteiger partial charge < -0.3 is 25.2 Å². The summed E-state index contributed by atoms with van der Waals surface area (Å²) in [7, 11) is 0. The molecular formula is C19H38O5. The highest BCUT2D eigenvalue weighted by molar-refractivity contribution is 5.09. The van der Waals surface area contributed by atoms with Gasteiger partial charge in [0.25, 0.3) is 0 Å². The molecule has 0 radical (unpaired) electrons. The minimum atomic E-state index is -1.11. The molecule has 5 heteroatoms. The van der Waals surface area contributed by atoms with Crippen molar-refractivity contribution in [1.82, 2.24) is 0 Å². The number of allylic oxidation sites excluding steroid dienone is 2. The van der Waals surface area contributed by atoms with Crippen molar-refractivity contribution in [2.45, 2.75) is 66.6 Å². The smallest absolute Gasteiger partial charge is 0.0820 e. The van der Waals surface area contributed by atoms with Gasteiger partial charge in [0.15, 0.2) is 0 Å². The normalized spacial score (nSPS) is 12.2. The van der Waals surface area contributed by atoms with Crippen molar-refractivity contribution in [3.8, 4) is 0 Å². The van der Waals surface area contributed by atoms with Crippen LogP contribution in [-0.2, 0) is 4.74 Å². The van der Waals surface area contributed by atoms with E-state index in [1.807, 2.05) is 0 Å². The summed E-state index contributed by atoms with van der Waals surface area (Å²) < 4.78 is 6.09. The topological polar surface area (TPSA) is 90.2 Å². The zero-order valence-electron chi connectivity index (χ0n) is 16.7. The van der Waals surface area contributed by atoms with Crippen LogP contribution < -0.4 is 0 Å². The van der Waals surface area contributed by atoms with E-state index in [0.717, 1.165) is 0 Å². The second-order valence-corrected chi connectivity index (χ2v) is 7.88. The summed E-state index contributed by atoms with van der Waals surface area (Å²) in [4.78, 5) is 0. The Hall–Kier alpha value is -0.720. The van der Waals surface area contributed by atoms with Crippen LogP contribution in [0.15, 0.2) is 23.3 Å². The molecule has 0 aromatic rings. The van der Waals surface area contributed by atoms with Gasteiger partial charge in [0.2, 0.25) is 0 Å². The Morgan fingerprint density at radius 1 is 0.667 bits per heavy atom. The Morgan fingerprint density at radius 2 is 0.917 bits per heavy atom. The number of hydrogen-bond acceptors (Lipinski definition) is 5. The molecule has 0 saturated heterocycles. The summed E-state index contributed by atoms with van der Waals surface area (Å²) in [6, 6.07) is 0. The summed E-state index contributed by atoms with van der Waals surface area (Å²) in [5.41, 5.74) is 1.03. The van der Waals surface area contributed by atoms with E-state index in [2.05, 4.69) is 67.5 Å². The summed E-state index contributed by atoms with van der Waals surface area (Å²) in [5, 5.41) is 34.0. The third-order valence-electron chi connectivity index (χ3n) is 3.14. The molecule has 0 saturated carbocycles. The van der Waals surface area contributed by atoms with E-state index in [0.29, 0.717) is 0 Å². The SMILES string of the molecule is CC(C)=CC(C)(C)OC(C)(C)C=C(C)C.OCC(CO)(CO)CO. The van der Waals surface area contributed by atoms with Gasteiger partial charge in [0, 0.05) is 0 Å². The van der Waals surface area contributed by atoms with E-state index < -0.39 is 31.8 Å². The first-order chi connectivity index (χ1) is 10.8. The van der Waals surface area contributed by atoms with E-state index in [9.17, 15) is 0 Å². The molecule has 0 aromatic heterocycles. The molecule has 0 unspecified atom stereocenters. The maximum atomic E-state index is 8.50. The molecule has 4 N–H and O–H groups in total. The highest BCUT2D eigenvalue weighted by atomic mass is 16.5. The van der Waals surface area contributed by atoms with E-state index in [-0.39, 0.29) is 11.2 Å². The lowest BCUT2D eigenvalue weighted by Gasteiger charge is -2.33. The lowest BCUT2D eigenvalue weighted by molar-refractivity contribution is -0.0690. The quantitative estimate of drug-likeness (QED) is 0.507. The number of rotatable bonds is 8. The van der Waals surface area contributed by atoms with Gasteiger partial charge in [-0.1, -0.05) is 23.3 Å². The van der Waals surface area contributed by atoms with Crippen LogP contribution in [0.3, 0.4) is 0 Å². The van der Waals surface area contributed by atoms with Crippen molar-refractivity contribution in [2.75, 3.05) is 26.4 Å². The summed E-state index contributed by atoms with van der Waals surface area (Å²) in [6.07, 6.45) is 4.32. The van der Waals surface area contributed by atoms with Crippen molar-refractivity contribution < 1.29 is 25.2 Å². The minimum absolute atomic E-state index is 0.214. The van der Waals surface area contributed by atoms with Gasteiger partial charge in [0.1, 0.15) is 0 Å². The van der Waals surface area contributed by atoms with Gasteiger partial charge in [-0.25, -0.2) is 0 Å². The third kappa shape index (κ3) is 11.8. The first-order valence-corrected chi connectivity index (χ1v) is 8.24. The molecule has 0 amide bonds. The fourth-order valence-corrected chi connectivity index (χ4v) is 2.43. The standard InChI is InChI=1S/C14H26O.C5H12O4/c1-11(2)9-13(5,6)15-14(7,8)10-12(3)4;6-1-5(2-7,3-8)4-9/h9-10H,1-8H3;6-9H,1-4H2. The average molecular weight is 347 g/mol. The van der Waals surface area contributed by atoms with Crippen molar-refractivity contribution in [1.29, 1.82) is 0 Å². The first kappa shape index (κ1) is 25.5. The van der Waals surface area contributed by atoms with Crippen molar-refractivity contribution in [2.24, 2.45) is 5.41 Å². The summed E-state index contributed by atoms with van der Waals surface area (Å²) in [6.45, 7) is 15.2. The first-order valence-electron chi connectivity index (χ1n) is 8.24. The zero-order chi connectivity index (χ0) is 19.6. The Bertz CT molecular complexity index is 350. The minimum Gasteiger partial charge on any atom is -0.396 e. The molecule has 0 atom stereocenters. The van der Waals surface area contributed by atoms with Crippen molar-refractivity contribution >= 4 is 0 Å². The van der Waals surface area contributed by atoms with Crippen molar-refractivity contribution in [3.63, 3.8) is 0 Å². The Kier molecular flexibility index (Phi) is 11.7. The molecule has 0 rings (SSSR count). The zero-order valence-corrected chi connectivity index (χ0v) is 16.7. The number of hydrogen-bond donors (Lipinski definition) is 4. The molecule has 0 aromatic carbocycles. The van der Waals surface area contributed by atoms with Gasteiger partial charge in [-0.3, -0.25) is 0 Å². The molecule has 24 heavy (non-hydrogen) atoms. The van der Waals surface area contributed by atoms with E-state index in [4.69, 9.17) is 25.2 Å². The fourth-order valence-electron chi connectivity index (χ4n) is 2.43. The maximum absolute atomic E-state index is 8.50. The Labute approximate surface area is 147 Å². The van der Waals surface area contributed by atoms with Crippen LogP contribution in [-0.4, -0.2) is 58.1 Å². The predicted octanol–water partition coefficient (Wildman–Crippen LogP) is 2.43. The third-order valence-corrected chi connectivity index (χ3v) is 3.14. The van der Waals surface area contributed by atoms with Gasteiger partial charge in [0.05, 0.1) is 43.0 Å². The van der Waals surface area contributed by atoms with Crippen LogP contribution in [0.1, 0.15) is 55.4 Å². The van der Waals surface area contributed by atoms with Crippen LogP contribution in [0.5, 0.6) is 0 Å². The monoisotopic (exact) mass is 346 g/mol. The molecule has 0 aliphatic carbocycles. The number of ether oxygens (including phenoxy) is 1. The molecule has 0 heterocycles. The second-order valence-electron chi connectivity index (χ2n) is 7.88. The molecule has 0 fully saturated rings. The second kappa shape index (κ2) is 11.0. The summed E-state index contributed by atoms with van der Waals surface area (Å²) >= 11 is 0. The Morgan fingerprint density at radius 3 is 1.04 bits per heavy atom. The van der Waals surface area contributed by atoms with Crippen molar-refractivity contribution in [3.05, 3.63) is 23.3 Å². The molecule has 0 aliphatic heterocycles. The Balaban J connectivity index is 0. The van der Waals surface area contributed by atoms with Crippen LogP contribution in [0.4, 0.5) is 0 Å². The largest absolute Gasteiger partial charge is 0.396 e. The van der Waals surface area contributed by atoms with E-state index in [1.165, 1.54) is 11.1 Å². The molecular weight excluding hydrogens is 308 g/mol. The lowest BCUT2D eigenvalue weighted by atomic mass is 9.93. The van der Waals surface area contributed by atoms with Gasteiger partial charge in [-0.15, -0.1) is 0 Å². The predicted molar refractivity (Wildman–Crippen MR) is 98.9 cm³/mol. The molecule has 0 bridgehead atoms. The number of aliphatic hydroxyl groups excluding tert-OH is 4. The highest BCUT2D eigenvalue weighted by Gasteiger charge is 2.26. The van der Waals surface area contributed by atoms with Crippen LogP contribution in [0, 0.1) is 5.41 Å². The van der Waals surface area contributed by atoms with Crippen LogP contribution in [0.25, 0.3) is 0 Å². The average Bonchev–Trinajstić information content (AvgIpc) is 2.38. The highest BCUT2D eigenvalue weighted by Crippen LogP contribution is 2.24.